The van der Waals surface area contributed by atoms with E-state index in [0.717, 1.165) is 41.6 Å². The van der Waals surface area contributed by atoms with Crippen molar-refractivity contribution in [1.82, 2.24) is 4.57 Å². The highest BCUT2D eigenvalue weighted by atomic mass is 16.5. The predicted octanol–water partition coefficient (Wildman–Crippen LogP) is 4.22. The van der Waals surface area contributed by atoms with Crippen LogP contribution in [-0.2, 0) is 13.0 Å². The van der Waals surface area contributed by atoms with Crippen molar-refractivity contribution in [1.29, 1.82) is 0 Å². The average Bonchev–Trinajstić information content (AvgIpc) is 2.90. The second-order valence-corrected chi connectivity index (χ2v) is 6.05. The molecule has 116 valence electrons. The summed E-state index contributed by atoms with van der Waals surface area (Å²) in [7, 11) is 1.66. The summed E-state index contributed by atoms with van der Waals surface area (Å²) in [4.78, 5) is 12.5. The van der Waals surface area contributed by atoms with Crippen LogP contribution in [0.1, 0.15) is 34.5 Å². The normalized spacial score (nSPS) is 14.0. The number of rotatable bonds is 3. The maximum absolute atomic E-state index is 12.5. The Bertz CT molecular complexity index is 878. The number of Topliss-reactive ketones (excluding diaryl/α,β-unsaturated/α-hetero) is 1. The molecule has 0 amide bonds. The molecule has 1 heterocycles. The standard InChI is InChI=1S/C20H19NO2/c1-23-15-10-11-17-16(12-15)20-18(8-5-9-19(20)22)21(17)13-14-6-3-2-4-7-14/h2-4,6-7,10-12H,5,8-9,13H2,1H3. The third-order valence-corrected chi connectivity index (χ3v) is 4.66. The van der Waals surface area contributed by atoms with Gasteiger partial charge in [-0.1, -0.05) is 30.3 Å². The summed E-state index contributed by atoms with van der Waals surface area (Å²) in [6, 6.07) is 16.4. The van der Waals surface area contributed by atoms with E-state index in [-0.39, 0.29) is 5.78 Å². The number of nitrogens with zero attached hydrogens (tertiary/aromatic N) is 1. The minimum Gasteiger partial charge on any atom is -0.497 e. The minimum atomic E-state index is 0.260. The molecule has 4 rings (SSSR count). The van der Waals surface area contributed by atoms with Gasteiger partial charge in [-0.2, -0.15) is 0 Å². The first-order valence-electron chi connectivity index (χ1n) is 8.04. The second-order valence-electron chi connectivity index (χ2n) is 6.05. The maximum Gasteiger partial charge on any atom is 0.165 e. The largest absolute Gasteiger partial charge is 0.497 e. The summed E-state index contributed by atoms with van der Waals surface area (Å²) in [5.74, 6) is 1.06. The highest BCUT2D eigenvalue weighted by Gasteiger charge is 2.26. The van der Waals surface area contributed by atoms with E-state index in [2.05, 4.69) is 34.9 Å². The molecule has 0 N–H and O–H groups in total. The number of hydrogen-bond acceptors (Lipinski definition) is 2. The zero-order valence-electron chi connectivity index (χ0n) is 13.2. The fraction of sp³-hybridized carbons (Fsp3) is 0.250. The first-order chi connectivity index (χ1) is 11.3. The Morgan fingerprint density at radius 2 is 1.91 bits per heavy atom. The van der Waals surface area contributed by atoms with Gasteiger partial charge in [0.2, 0.25) is 0 Å². The molecule has 3 heteroatoms. The van der Waals surface area contributed by atoms with Crippen LogP contribution in [0.2, 0.25) is 0 Å². The van der Waals surface area contributed by atoms with Crippen LogP contribution in [-0.4, -0.2) is 17.5 Å². The van der Waals surface area contributed by atoms with E-state index in [9.17, 15) is 4.79 Å². The van der Waals surface area contributed by atoms with E-state index in [1.54, 1.807) is 7.11 Å². The zero-order chi connectivity index (χ0) is 15.8. The number of fused-ring (bicyclic) bond motifs is 3. The summed E-state index contributed by atoms with van der Waals surface area (Å²) in [6.45, 7) is 0.798. The van der Waals surface area contributed by atoms with Crippen molar-refractivity contribution in [3.05, 3.63) is 65.4 Å². The number of aromatic nitrogens is 1. The van der Waals surface area contributed by atoms with Crippen molar-refractivity contribution < 1.29 is 9.53 Å². The van der Waals surface area contributed by atoms with Gasteiger partial charge in [-0.3, -0.25) is 4.79 Å². The molecule has 1 aliphatic rings. The van der Waals surface area contributed by atoms with Crippen LogP contribution in [0.15, 0.2) is 48.5 Å². The lowest BCUT2D eigenvalue weighted by Gasteiger charge is -2.15. The van der Waals surface area contributed by atoms with Crippen LogP contribution in [0, 0.1) is 0 Å². The third kappa shape index (κ3) is 2.33. The SMILES string of the molecule is COc1ccc2c(c1)c1c(n2Cc2ccccc2)CCCC1=O. The van der Waals surface area contributed by atoms with Gasteiger partial charge < -0.3 is 9.30 Å². The lowest BCUT2D eigenvalue weighted by atomic mass is 9.94. The summed E-state index contributed by atoms with van der Waals surface area (Å²) in [5, 5.41) is 1.03. The van der Waals surface area contributed by atoms with Crippen LogP contribution in [0.5, 0.6) is 5.75 Å². The Morgan fingerprint density at radius 1 is 1.09 bits per heavy atom. The van der Waals surface area contributed by atoms with Crippen LogP contribution in [0.3, 0.4) is 0 Å². The maximum atomic E-state index is 12.5. The molecule has 0 aliphatic heterocycles. The number of methoxy groups -OCH3 is 1. The molecule has 0 saturated heterocycles. The molecule has 3 nitrogen and oxygen atoms in total. The molecule has 0 saturated carbocycles. The predicted molar refractivity (Wildman–Crippen MR) is 91.3 cm³/mol. The molecule has 0 radical (unpaired) electrons. The van der Waals surface area contributed by atoms with Crippen molar-refractivity contribution in [3.8, 4) is 5.75 Å². The molecule has 1 aromatic heterocycles. The molecular formula is C20H19NO2. The minimum absolute atomic E-state index is 0.260. The Kier molecular flexibility index (Phi) is 3.41. The fourth-order valence-corrected chi connectivity index (χ4v) is 3.57. The number of carbonyl (C=O) groups is 1. The Balaban J connectivity index is 1.94. The van der Waals surface area contributed by atoms with Crippen LogP contribution < -0.4 is 4.74 Å². The smallest absolute Gasteiger partial charge is 0.165 e. The monoisotopic (exact) mass is 305 g/mol. The van der Waals surface area contributed by atoms with Crippen molar-refractivity contribution in [3.63, 3.8) is 0 Å². The van der Waals surface area contributed by atoms with Gasteiger partial charge in [0.15, 0.2) is 5.78 Å². The molecule has 1 aliphatic carbocycles. The highest BCUT2D eigenvalue weighted by Crippen LogP contribution is 2.34. The Labute approximate surface area is 135 Å². The van der Waals surface area contributed by atoms with E-state index >= 15 is 0 Å². The van der Waals surface area contributed by atoms with Gasteiger partial charge in [-0.05, 0) is 36.6 Å². The van der Waals surface area contributed by atoms with Crippen LogP contribution in [0.4, 0.5) is 0 Å². The van der Waals surface area contributed by atoms with E-state index in [1.165, 1.54) is 11.3 Å². The number of benzene rings is 2. The second kappa shape index (κ2) is 5.58. The summed E-state index contributed by atoms with van der Waals surface area (Å²) in [6.07, 6.45) is 2.55. The summed E-state index contributed by atoms with van der Waals surface area (Å²) in [5.41, 5.74) is 4.45. The Morgan fingerprint density at radius 3 is 2.70 bits per heavy atom. The van der Waals surface area contributed by atoms with Crippen LogP contribution in [0.25, 0.3) is 10.9 Å². The molecule has 0 fully saturated rings. The van der Waals surface area contributed by atoms with Crippen molar-refractivity contribution in [2.45, 2.75) is 25.8 Å². The number of hydrogen-bond donors (Lipinski definition) is 0. The molecule has 23 heavy (non-hydrogen) atoms. The molecule has 2 aromatic carbocycles. The number of carbonyl (C=O) groups excluding carboxylic acids is 1. The van der Waals surface area contributed by atoms with Gasteiger partial charge in [0.05, 0.1) is 7.11 Å². The van der Waals surface area contributed by atoms with Gasteiger partial charge in [-0.25, -0.2) is 0 Å². The topological polar surface area (TPSA) is 31.2 Å². The number of ketones is 1. The van der Waals surface area contributed by atoms with Gasteiger partial charge in [0.25, 0.3) is 0 Å². The van der Waals surface area contributed by atoms with E-state index in [4.69, 9.17) is 4.74 Å². The van der Waals surface area contributed by atoms with Gasteiger partial charge in [0.1, 0.15) is 5.75 Å². The number of ether oxygens (including phenoxy) is 1. The first-order valence-corrected chi connectivity index (χ1v) is 8.04. The lowest BCUT2D eigenvalue weighted by molar-refractivity contribution is 0.0973. The van der Waals surface area contributed by atoms with E-state index < -0.39 is 0 Å². The van der Waals surface area contributed by atoms with Gasteiger partial charge >= 0.3 is 0 Å². The third-order valence-electron chi connectivity index (χ3n) is 4.66. The van der Waals surface area contributed by atoms with E-state index in [0.29, 0.717) is 6.42 Å². The average molecular weight is 305 g/mol. The molecule has 0 spiro atoms. The molecule has 0 atom stereocenters. The van der Waals surface area contributed by atoms with Crippen molar-refractivity contribution >= 4 is 16.7 Å². The van der Waals surface area contributed by atoms with E-state index in [1.807, 2.05) is 18.2 Å². The van der Waals surface area contributed by atoms with Crippen molar-refractivity contribution in [2.24, 2.45) is 0 Å². The van der Waals surface area contributed by atoms with Crippen LogP contribution >= 0.6 is 0 Å². The quantitative estimate of drug-likeness (QED) is 0.725. The summed E-state index contributed by atoms with van der Waals surface area (Å²) < 4.78 is 7.66. The molecular weight excluding hydrogens is 286 g/mol. The van der Waals surface area contributed by atoms with Gasteiger partial charge in [0, 0.05) is 35.1 Å². The van der Waals surface area contributed by atoms with Crippen molar-refractivity contribution in [2.75, 3.05) is 7.11 Å². The molecule has 0 bridgehead atoms. The first kappa shape index (κ1) is 14.1. The molecule has 0 unspecified atom stereocenters. The highest BCUT2D eigenvalue weighted by molar-refractivity contribution is 6.10. The van der Waals surface area contributed by atoms with Gasteiger partial charge in [-0.15, -0.1) is 0 Å². The zero-order valence-corrected chi connectivity index (χ0v) is 13.2. The Hall–Kier alpha value is -2.55. The fourth-order valence-electron chi connectivity index (χ4n) is 3.57. The lowest BCUT2D eigenvalue weighted by Crippen LogP contribution is -2.13. The molecule has 3 aromatic rings. The summed E-state index contributed by atoms with van der Waals surface area (Å²) >= 11 is 0.